The molecule has 0 spiro atoms. The molecule has 0 heterocycles. The van der Waals surface area contributed by atoms with Gasteiger partial charge in [-0.15, -0.1) is 0 Å². The summed E-state index contributed by atoms with van der Waals surface area (Å²) in [5.74, 6) is -3.41. The van der Waals surface area contributed by atoms with Crippen LogP contribution in [0.15, 0.2) is 30.3 Å². The molecule has 0 radical (unpaired) electrons. The number of benzene rings is 2. The molecule has 0 atom stereocenters. The van der Waals surface area contributed by atoms with Crippen molar-refractivity contribution in [1.29, 1.82) is 0 Å². The van der Waals surface area contributed by atoms with Crippen LogP contribution < -0.4 is 15.8 Å². The lowest BCUT2D eigenvalue weighted by molar-refractivity contribution is 0.102. The van der Waals surface area contributed by atoms with Crippen molar-refractivity contribution in [3.63, 3.8) is 0 Å². The lowest BCUT2D eigenvalue weighted by Gasteiger charge is -2.10. The van der Waals surface area contributed by atoms with Gasteiger partial charge >= 0.3 is 0 Å². The second-order valence-corrected chi connectivity index (χ2v) is 4.16. The van der Waals surface area contributed by atoms with Crippen molar-refractivity contribution >= 4 is 17.3 Å². The van der Waals surface area contributed by atoms with Gasteiger partial charge in [0.1, 0.15) is 17.4 Å². The lowest BCUT2D eigenvalue weighted by atomic mass is 10.1. The molecule has 0 unspecified atom stereocenters. The van der Waals surface area contributed by atoms with E-state index in [0.717, 1.165) is 12.1 Å². The van der Waals surface area contributed by atoms with E-state index in [1.807, 2.05) is 0 Å². The minimum Gasteiger partial charge on any atom is -0.497 e. The molecule has 0 aliphatic heterocycles. The molecule has 0 aliphatic carbocycles. The Labute approximate surface area is 118 Å². The maximum absolute atomic E-state index is 13.7. The average molecular weight is 296 g/mol. The van der Waals surface area contributed by atoms with Gasteiger partial charge in [0.05, 0.1) is 24.0 Å². The Bertz CT molecular complexity index is 705. The molecule has 0 saturated heterocycles. The Balaban J connectivity index is 2.34. The fraction of sp³-hybridized carbons (Fsp3) is 0.0714. The summed E-state index contributed by atoms with van der Waals surface area (Å²) in [6, 6.07) is 5.07. The monoisotopic (exact) mass is 296 g/mol. The SMILES string of the molecule is COc1ccc(F)c(NC(=O)c2cc(F)cc(N)c2F)c1. The van der Waals surface area contributed by atoms with E-state index in [4.69, 9.17) is 10.5 Å². The highest BCUT2D eigenvalue weighted by Gasteiger charge is 2.17. The molecule has 0 aromatic heterocycles. The quantitative estimate of drug-likeness (QED) is 0.856. The second-order valence-electron chi connectivity index (χ2n) is 4.16. The largest absolute Gasteiger partial charge is 0.497 e. The van der Waals surface area contributed by atoms with Crippen LogP contribution in [0, 0.1) is 17.5 Å². The summed E-state index contributed by atoms with van der Waals surface area (Å²) in [6.07, 6.45) is 0. The summed E-state index contributed by atoms with van der Waals surface area (Å²) in [5.41, 5.74) is 3.89. The molecule has 0 aliphatic rings. The highest BCUT2D eigenvalue weighted by Crippen LogP contribution is 2.23. The predicted octanol–water partition coefficient (Wildman–Crippen LogP) is 2.95. The van der Waals surface area contributed by atoms with Crippen LogP contribution in [0.4, 0.5) is 24.5 Å². The van der Waals surface area contributed by atoms with E-state index in [1.165, 1.54) is 19.2 Å². The van der Waals surface area contributed by atoms with Gasteiger partial charge in [0.25, 0.3) is 5.91 Å². The van der Waals surface area contributed by atoms with Crippen LogP contribution in [0.3, 0.4) is 0 Å². The average Bonchev–Trinajstić information content (AvgIpc) is 2.45. The molecular formula is C14H11F3N2O2. The van der Waals surface area contributed by atoms with Gasteiger partial charge in [-0.25, -0.2) is 13.2 Å². The third-order valence-electron chi connectivity index (χ3n) is 2.73. The number of anilines is 2. The molecule has 3 N–H and O–H groups in total. The van der Waals surface area contributed by atoms with Gasteiger partial charge in [-0.2, -0.15) is 0 Å². The van der Waals surface area contributed by atoms with Gasteiger partial charge in [0.15, 0.2) is 5.82 Å². The summed E-state index contributed by atoms with van der Waals surface area (Å²) in [4.78, 5) is 11.9. The number of hydrogen-bond donors (Lipinski definition) is 2. The van der Waals surface area contributed by atoms with Crippen molar-refractivity contribution in [2.45, 2.75) is 0 Å². The number of ether oxygens (including phenoxy) is 1. The Morgan fingerprint density at radius 2 is 1.90 bits per heavy atom. The van der Waals surface area contributed by atoms with Crippen molar-refractivity contribution in [2.24, 2.45) is 0 Å². The minimum atomic E-state index is -1.07. The molecule has 0 fully saturated rings. The number of halogens is 3. The van der Waals surface area contributed by atoms with E-state index in [-0.39, 0.29) is 5.69 Å². The molecule has 0 saturated carbocycles. The number of rotatable bonds is 3. The van der Waals surface area contributed by atoms with E-state index in [2.05, 4.69) is 5.32 Å². The fourth-order valence-corrected chi connectivity index (χ4v) is 1.69. The Morgan fingerprint density at radius 1 is 1.19 bits per heavy atom. The summed E-state index contributed by atoms with van der Waals surface area (Å²) in [6.45, 7) is 0. The number of amides is 1. The third kappa shape index (κ3) is 3.07. The number of nitrogen functional groups attached to an aromatic ring is 1. The Morgan fingerprint density at radius 3 is 2.57 bits per heavy atom. The van der Waals surface area contributed by atoms with Crippen molar-refractivity contribution in [3.8, 4) is 5.75 Å². The second kappa shape index (κ2) is 5.74. The van der Waals surface area contributed by atoms with Crippen molar-refractivity contribution in [3.05, 3.63) is 53.3 Å². The van der Waals surface area contributed by atoms with Crippen molar-refractivity contribution in [1.82, 2.24) is 0 Å². The third-order valence-corrected chi connectivity index (χ3v) is 2.73. The number of carbonyl (C=O) groups is 1. The van der Waals surface area contributed by atoms with Crippen LogP contribution in [-0.2, 0) is 0 Å². The van der Waals surface area contributed by atoms with Crippen molar-refractivity contribution < 1.29 is 22.7 Å². The first-order valence-electron chi connectivity index (χ1n) is 5.81. The van der Waals surface area contributed by atoms with E-state index < -0.39 is 34.6 Å². The topological polar surface area (TPSA) is 64.3 Å². The van der Waals surface area contributed by atoms with E-state index in [0.29, 0.717) is 11.8 Å². The smallest absolute Gasteiger partial charge is 0.258 e. The Kier molecular flexibility index (Phi) is 4.02. The molecular weight excluding hydrogens is 285 g/mol. The van der Waals surface area contributed by atoms with Crippen LogP contribution in [-0.4, -0.2) is 13.0 Å². The van der Waals surface area contributed by atoms with Gasteiger partial charge in [0, 0.05) is 6.07 Å². The highest BCUT2D eigenvalue weighted by molar-refractivity contribution is 6.05. The molecule has 4 nitrogen and oxygen atoms in total. The van der Waals surface area contributed by atoms with E-state index in [9.17, 15) is 18.0 Å². The van der Waals surface area contributed by atoms with E-state index in [1.54, 1.807) is 0 Å². The van der Waals surface area contributed by atoms with Crippen LogP contribution in [0.1, 0.15) is 10.4 Å². The highest BCUT2D eigenvalue weighted by atomic mass is 19.1. The minimum absolute atomic E-state index is 0.221. The standard InChI is InChI=1S/C14H11F3N2O2/c1-21-8-2-3-10(16)12(6-8)19-14(20)9-4-7(15)5-11(18)13(9)17/h2-6H,18H2,1H3,(H,19,20). The summed E-state index contributed by atoms with van der Waals surface area (Å²) < 4.78 is 45.4. The number of carbonyl (C=O) groups excluding carboxylic acids is 1. The first-order chi connectivity index (χ1) is 9.92. The molecule has 2 aromatic rings. The van der Waals surface area contributed by atoms with Crippen LogP contribution in [0.5, 0.6) is 5.75 Å². The zero-order valence-electron chi connectivity index (χ0n) is 10.9. The van der Waals surface area contributed by atoms with Gasteiger partial charge in [-0.1, -0.05) is 0 Å². The molecule has 0 bridgehead atoms. The molecule has 2 aromatic carbocycles. The lowest BCUT2D eigenvalue weighted by Crippen LogP contribution is -2.16. The zero-order chi connectivity index (χ0) is 15.6. The summed E-state index contributed by atoms with van der Waals surface area (Å²) in [7, 11) is 1.37. The fourth-order valence-electron chi connectivity index (χ4n) is 1.69. The summed E-state index contributed by atoms with van der Waals surface area (Å²) >= 11 is 0. The first-order valence-corrected chi connectivity index (χ1v) is 5.81. The van der Waals surface area contributed by atoms with Gasteiger partial charge in [-0.3, -0.25) is 4.79 Å². The van der Waals surface area contributed by atoms with Crippen LogP contribution in [0.25, 0.3) is 0 Å². The zero-order valence-corrected chi connectivity index (χ0v) is 10.9. The Hall–Kier alpha value is -2.70. The number of methoxy groups -OCH3 is 1. The first kappa shape index (κ1) is 14.7. The maximum Gasteiger partial charge on any atom is 0.258 e. The van der Waals surface area contributed by atoms with Crippen LogP contribution >= 0.6 is 0 Å². The number of nitrogens with two attached hydrogens (primary N) is 1. The van der Waals surface area contributed by atoms with Crippen LogP contribution in [0.2, 0.25) is 0 Å². The number of nitrogens with one attached hydrogen (secondary N) is 1. The number of hydrogen-bond acceptors (Lipinski definition) is 3. The maximum atomic E-state index is 13.7. The molecule has 2 rings (SSSR count). The summed E-state index contributed by atoms with van der Waals surface area (Å²) in [5, 5.41) is 2.14. The molecule has 110 valence electrons. The van der Waals surface area contributed by atoms with Gasteiger partial charge < -0.3 is 15.8 Å². The van der Waals surface area contributed by atoms with E-state index >= 15 is 0 Å². The van der Waals surface area contributed by atoms with Gasteiger partial charge in [0.2, 0.25) is 0 Å². The molecule has 7 heteroatoms. The predicted molar refractivity (Wildman–Crippen MR) is 71.7 cm³/mol. The molecule has 21 heavy (non-hydrogen) atoms. The van der Waals surface area contributed by atoms with Gasteiger partial charge in [-0.05, 0) is 24.3 Å². The molecule has 1 amide bonds. The van der Waals surface area contributed by atoms with Crippen molar-refractivity contribution in [2.75, 3.05) is 18.2 Å². The normalized spacial score (nSPS) is 10.3.